The van der Waals surface area contributed by atoms with Crippen LogP contribution in [-0.2, 0) is 20.8 Å². The normalized spacial score (nSPS) is 20.1. The molecule has 0 radical (unpaired) electrons. The van der Waals surface area contributed by atoms with E-state index in [1.807, 2.05) is 0 Å². The maximum Gasteiger partial charge on any atom is 0.406 e. The van der Waals surface area contributed by atoms with Gasteiger partial charge in [-0.2, -0.15) is 13.2 Å². The van der Waals surface area contributed by atoms with E-state index in [4.69, 9.17) is 5.11 Å². The first-order valence-corrected chi connectivity index (χ1v) is 7.64. The van der Waals surface area contributed by atoms with Gasteiger partial charge in [-0.05, 0) is 24.1 Å². The number of nitrogens with one attached hydrogen (secondary N) is 1. The Hall–Kier alpha value is -2.65. The van der Waals surface area contributed by atoms with Crippen LogP contribution in [-0.4, -0.2) is 53.6 Å². The van der Waals surface area contributed by atoms with Crippen LogP contribution in [0.15, 0.2) is 24.3 Å². The summed E-state index contributed by atoms with van der Waals surface area (Å²) < 4.78 is 52.3. The van der Waals surface area contributed by atoms with Crippen molar-refractivity contribution in [2.24, 2.45) is 5.41 Å². The van der Waals surface area contributed by atoms with E-state index in [2.05, 4.69) is 5.32 Å². The van der Waals surface area contributed by atoms with Gasteiger partial charge in [0.1, 0.15) is 5.82 Å². The van der Waals surface area contributed by atoms with Gasteiger partial charge in [-0.1, -0.05) is 12.1 Å². The molecule has 1 atom stereocenters. The molecule has 1 aromatic rings. The van der Waals surface area contributed by atoms with E-state index in [1.54, 1.807) is 0 Å². The number of hydrogen-bond acceptors (Lipinski definition) is 3. The highest BCUT2D eigenvalue weighted by Crippen LogP contribution is 2.45. The molecule has 0 bridgehead atoms. The summed E-state index contributed by atoms with van der Waals surface area (Å²) in [5.41, 5.74) is -2.62. The van der Waals surface area contributed by atoms with Crippen molar-refractivity contribution in [2.75, 3.05) is 19.6 Å². The molecule has 1 heterocycles. The molecule has 2 amide bonds. The molecule has 1 saturated heterocycles. The summed E-state index contributed by atoms with van der Waals surface area (Å²) in [7, 11) is 0. The second-order valence-electron chi connectivity index (χ2n) is 6.03. The number of nitrogens with zero attached hydrogens (tertiary/aromatic N) is 1. The summed E-state index contributed by atoms with van der Waals surface area (Å²) in [6, 6.07) is 5.27. The zero-order valence-corrected chi connectivity index (χ0v) is 13.5. The predicted molar refractivity (Wildman–Crippen MR) is 80.4 cm³/mol. The number of amides is 2. The third kappa shape index (κ3) is 4.12. The van der Waals surface area contributed by atoms with Gasteiger partial charge in [0.2, 0.25) is 11.8 Å². The van der Waals surface area contributed by atoms with Crippen molar-refractivity contribution < 1.29 is 37.1 Å². The molecule has 1 unspecified atom stereocenters. The lowest BCUT2D eigenvalue weighted by molar-refractivity contribution is -0.227. The number of carboxylic acids is 1. The number of alkyl halides is 3. The Morgan fingerprint density at radius 3 is 2.50 bits per heavy atom. The first-order valence-electron chi connectivity index (χ1n) is 7.64. The molecule has 0 aliphatic carbocycles. The van der Waals surface area contributed by atoms with Gasteiger partial charge < -0.3 is 15.3 Å². The van der Waals surface area contributed by atoms with E-state index < -0.39 is 54.7 Å². The molecule has 2 N–H and O–H groups in total. The fourth-order valence-corrected chi connectivity index (χ4v) is 2.73. The van der Waals surface area contributed by atoms with Crippen LogP contribution in [0.1, 0.15) is 12.0 Å². The van der Waals surface area contributed by atoms with Gasteiger partial charge in [-0.25, -0.2) is 4.39 Å². The fraction of sp³-hybridized carbons (Fsp3) is 0.438. The topological polar surface area (TPSA) is 86.7 Å². The maximum atomic E-state index is 13.1. The third-order valence-electron chi connectivity index (χ3n) is 4.26. The van der Waals surface area contributed by atoms with Crippen LogP contribution in [0.3, 0.4) is 0 Å². The van der Waals surface area contributed by atoms with Gasteiger partial charge in [-0.3, -0.25) is 14.4 Å². The van der Waals surface area contributed by atoms with Crippen molar-refractivity contribution in [1.29, 1.82) is 0 Å². The van der Waals surface area contributed by atoms with Gasteiger partial charge >= 0.3 is 12.1 Å². The molecule has 2 rings (SSSR count). The van der Waals surface area contributed by atoms with Crippen molar-refractivity contribution in [3.05, 3.63) is 35.6 Å². The molecule has 0 saturated carbocycles. The summed E-state index contributed by atoms with van der Waals surface area (Å²) in [5.74, 6) is -3.98. The maximum absolute atomic E-state index is 13.1. The molecule has 1 fully saturated rings. The van der Waals surface area contributed by atoms with Crippen LogP contribution in [0, 0.1) is 11.2 Å². The Balaban J connectivity index is 1.90. The van der Waals surface area contributed by atoms with Gasteiger partial charge in [0, 0.05) is 13.1 Å². The van der Waals surface area contributed by atoms with Crippen molar-refractivity contribution in [3.63, 3.8) is 0 Å². The van der Waals surface area contributed by atoms with E-state index >= 15 is 0 Å². The van der Waals surface area contributed by atoms with E-state index in [0.717, 1.165) is 11.0 Å². The summed E-state index contributed by atoms with van der Waals surface area (Å²) in [6.45, 7) is -1.93. The van der Waals surface area contributed by atoms with Gasteiger partial charge in [0.05, 0.1) is 13.0 Å². The van der Waals surface area contributed by atoms with Crippen LogP contribution >= 0.6 is 0 Å². The quantitative estimate of drug-likeness (QED) is 0.760. The van der Waals surface area contributed by atoms with E-state index in [1.165, 1.54) is 18.2 Å². The SMILES string of the molecule is O=C(Cc1cccc(F)c1)NCC(=O)N1CCC(C(=O)O)(C(F)(F)F)C1. The van der Waals surface area contributed by atoms with E-state index in [0.29, 0.717) is 5.56 Å². The lowest BCUT2D eigenvalue weighted by Crippen LogP contribution is -2.48. The van der Waals surface area contributed by atoms with Gasteiger partial charge in [0.25, 0.3) is 0 Å². The Kier molecular flexibility index (Phi) is 5.53. The Morgan fingerprint density at radius 1 is 1.27 bits per heavy atom. The molecular weight excluding hydrogens is 360 g/mol. The zero-order chi connectivity index (χ0) is 19.5. The van der Waals surface area contributed by atoms with Crippen LogP contribution in [0.5, 0.6) is 0 Å². The minimum absolute atomic E-state index is 0.202. The van der Waals surface area contributed by atoms with Gasteiger partial charge in [-0.15, -0.1) is 0 Å². The van der Waals surface area contributed by atoms with Gasteiger partial charge in [0.15, 0.2) is 5.41 Å². The predicted octanol–water partition coefficient (Wildman–Crippen LogP) is 1.35. The molecule has 1 aromatic carbocycles. The summed E-state index contributed by atoms with van der Waals surface area (Å²) in [5, 5.41) is 11.2. The third-order valence-corrected chi connectivity index (χ3v) is 4.26. The van der Waals surface area contributed by atoms with Crippen LogP contribution < -0.4 is 5.32 Å². The first kappa shape index (κ1) is 19.7. The second kappa shape index (κ2) is 7.30. The average molecular weight is 376 g/mol. The Morgan fingerprint density at radius 2 is 1.96 bits per heavy atom. The zero-order valence-electron chi connectivity index (χ0n) is 13.5. The monoisotopic (exact) mass is 376 g/mol. The lowest BCUT2D eigenvalue weighted by Gasteiger charge is -2.27. The lowest BCUT2D eigenvalue weighted by atomic mass is 9.86. The number of carboxylic acid groups (broad SMARTS) is 1. The van der Waals surface area contributed by atoms with Crippen molar-refractivity contribution in [2.45, 2.75) is 19.0 Å². The number of rotatable bonds is 5. The molecule has 10 heteroatoms. The fourth-order valence-electron chi connectivity index (χ4n) is 2.73. The standard InChI is InChI=1S/C16H16F4N2O4/c17-11-3-1-2-10(6-11)7-12(23)21-8-13(24)22-5-4-15(9-22,14(25)26)16(18,19)20/h1-3,6H,4-5,7-9H2,(H,21,23)(H,25,26). The number of carbonyl (C=O) groups is 3. The van der Waals surface area contributed by atoms with E-state index in [9.17, 15) is 31.9 Å². The number of halogens is 4. The molecule has 6 nitrogen and oxygen atoms in total. The second-order valence-corrected chi connectivity index (χ2v) is 6.03. The highest BCUT2D eigenvalue weighted by molar-refractivity contribution is 5.87. The molecule has 1 aliphatic rings. The molecule has 1 aliphatic heterocycles. The number of benzene rings is 1. The molecular formula is C16H16F4N2O4. The van der Waals surface area contributed by atoms with Crippen LogP contribution in [0.4, 0.5) is 17.6 Å². The number of aliphatic carboxylic acids is 1. The molecule has 26 heavy (non-hydrogen) atoms. The minimum Gasteiger partial charge on any atom is -0.481 e. The van der Waals surface area contributed by atoms with Crippen LogP contribution in [0.25, 0.3) is 0 Å². The summed E-state index contributed by atoms with van der Waals surface area (Å²) in [6.07, 6.45) is -5.93. The number of hydrogen-bond donors (Lipinski definition) is 2. The van der Waals surface area contributed by atoms with Crippen molar-refractivity contribution >= 4 is 17.8 Å². The molecule has 142 valence electrons. The molecule has 0 aromatic heterocycles. The summed E-state index contributed by atoms with van der Waals surface area (Å²) >= 11 is 0. The number of carbonyl (C=O) groups excluding carboxylic acids is 2. The van der Waals surface area contributed by atoms with E-state index in [-0.39, 0.29) is 13.0 Å². The number of likely N-dealkylation sites (tertiary alicyclic amines) is 1. The largest absolute Gasteiger partial charge is 0.481 e. The minimum atomic E-state index is -4.99. The Bertz CT molecular complexity index is 722. The highest BCUT2D eigenvalue weighted by Gasteiger charge is 2.64. The highest BCUT2D eigenvalue weighted by atomic mass is 19.4. The average Bonchev–Trinajstić information content (AvgIpc) is 2.99. The van der Waals surface area contributed by atoms with Crippen LogP contribution in [0.2, 0.25) is 0 Å². The summed E-state index contributed by atoms with van der Waals surface area (Å²) in [4.78, 5) is 35.6. The van der Waals surface area contributed by atoms with Crippen molar-refractivity contribution in [3.8, 4) is 0 Å². The van der Waals surface area contributed by atoms with Crippen molar-refractivity contribution in [1.82, 2.24) is 10.2 Å². The first-order chi connectivity index (χ1) is 12.0. The Labute approximate surface area is 145 Å². The smallest absolute Gasteiger partial charge is 0.406 e. The molecule has 0 spiro atoms.